The largest absolute Gasteiger partial charge is 0.496 e. The summed E-state index contributed by atoms with van der Waals surface area (Å²) in [5.41, 5.74) is 0.814. The van der Waals surface area contributed by atoms with E-state index >= 15 is 0 Å². The Morgan fingerprint density at radius 2 is 1.68 bits per heavy atom. The molecule has 0 aliphatic heterocycles. The van der Waals surface area contributed by atoms with Gasteiger partial charge in [0.25, 0.3) is 0 Å². The second-order valence-electron chi connectivity index (χ2n) is 4.49. The van der Waals surface area contributed by atoms with Gasteiger partial charge < -0.3 is 4.74 Å². The fourth-order valence-electron chi connectivity index (χ4n) is 2.21. The number of nitrogens with zero attached hydrogens (tertiary/aromatic N) is 3. The molecule has 0 bridgehead atoms. The third-order valence-corrected chi connectivity index (χ3v) is 3.68. The summed E-state index contributed by atoms with van der Waals surface area (Å²) in [5, 5.41) is 1.90. The number of methoxy groups -OCH3 is 1. The Morgan fingerprint density at radius 3 is 2.36 bits per heavy atom. The van der Waals surface area contributed by atoms with E-state index in [9.17, 15) is 0 Å². The lowest BCUT2D eigenvalue weighted by atomic mass is 10.0. The molecule has 0 saturated carbocycles. The maximum absolute atomic E-state index is 5.84. The average Bonchev–Trinajstić information content (AvgIpc) is 2.53. The highest BCUT2D eigenvalue weighted by Gasteiger charge is 2.27. The highest BCUT2D eigenvalue weighted by atomic mass is 35.6. The van der Waals surface area contributed by atoms with Gasteiger partial charge in [0.15, 0.2) is 11.6 Å². The van der Waals surface area contributed by atoms with E-state index in [0.29, 0.717) is 5.82 Å². The summed E-state index contributed by atoms with van der Waals surface area (Å²) in [7, 11) is 1.63. The van der Waals surface area contributed by atoms with Crippen molar-refractivity contribution < 1.29 is 4.74 Å². The van der Waals surface area contributed by atoms with Gasteiger partial charge in [-0.2, -0.15) is 0 Å². The number of ether oxygens (including phenoxy) is 1. The van der Waals surface area contributed by atoms with Gasteiger partial charge in [-0.25, -0.2) is 15.0 Å². The third kappa shape index (κ3) is 2.82. The third-order valence-electron chi connectivity index (χ3n) is 3.17. The Kier molecular flexibility index (Phi) is 4.08. The van der Waals surface area contributed by atoms with Crippen LogP contribution in [0.3, 0.4) is 0 Å². The van der Waals surface area contributed by atoms with Crippen LogP contribution in [0, 0.1) is 0 Å². The van der Waals surface area contributed by atoms with Crippen molar-refractivity contribution in [3.63, 3.8) is 0 Å². The minimum absolute atomic E-state index is 0.0856. The van der Waals surface area contributed by atoms with Crippen LogP contribution in [0.4, 0.5) is 0 Å². The maximum Gasteiger partial charge on any atom is 0.250 e. The highest BCUT2D eigenvalue weighted by Crippen LogP contribution is 2.37. The van der Waals surface area contributed by atoms with Crippen LogP contribution in [0.1, 0.15) is 5.82 Å². The Balaban J connectivity index is 2.23. The van der Waals surface area contributed by atoms with E-state index in [1.54, 1.807) is 7.11 Å². The van der Waals surface area contributed by atoms with Crippen molar-refractivity contribution in [3.8, 4) is 17.1 Å². The van der Waals surface area contributed by atoms with Crippen LogP contribution in [0.5, 0.6) is 5.75 Å². The summed E-state index contributed by atoms with van der Waals surface area (Å²) in [6.45, 7) is 0. The number of alkyl halides is 3. The molecule has 0 aliphatic rings. The van der Waals surface area contributed by atoms with E-state index in [0.717, 1.165) is 22.1 Å². The lowest BCUT2D eigenvalue weighted by Gasteiger charge is -2.12. The molecule has 0 fully saturated rings. The summed E-state index contributed by atoms with van der Waals surface area (Å²) in [4.78, 5) is 12.4. The van der Waals surface area contributed by atoms with Gasteiger partial charge in [-0.3, -0.25) is 0 Å². The van der Waals surface area contributed by atoms with E-state index in [1.165, 1.54) is 6.33 Å². The zero-order valence-corrected chi connectivity index (χ0v) is 13.7. The SMILES string of the molecule is COc1ccc(-c2ncnc(C(Cl)(Cl)Cl)n2)c2ccccc12. The van der Waals surface area contributed by atoms with Gasteiger partial charge >= 0.3 is 0 Å². The number of fused-ring (bicyclic) bond motifs is 1. The fourth-order valence-corrected chi connectivity index (χ4v) is 2.48. The van der Waals surface area contributed by atoms with E-state index < -0.39 is 3.79 Å². The van der Waals surface area contributed by atoms with E-state index in [2.05, 4.69) is 15.0 Å². The first-order valence-corrected chi connectivity index (χ1v) is 7.46. The van der Waals surface area contributed by atoms with Gasteiger partial charge in [0.05, 0.1) is 7.11 Å². The molecule has 22 heavy (non-hydrogen) atoms. The monoisotopic (exact) mass is 353 g/mol. The zero-order chi connectivity index (χ0) is 15.7. The van der Waals surface area contributed by atoms with Crippen molar-refractivity contribution in [2.75, 3.05) is 7.11 Å². The predicted octanol–water partition coefficient (Wildman–Crippen LogP) is 4.53. The first-order valence-electron chi connectivity index (χ1n) is 6.33. The molecule has 3 aromatic rings. The van der Waals surface area contributed by atoms with Crippen LogP contribution in [-0.2, 0) is 3.79 Å². The first-order chi connectivity index (χ1) is 10.5. The minimum atomic E-state index is -1.69. The molecule has 3 rings (SSSR count). The molecular formula is C15H10Cl3N3O. The van der Waals surface area contributed by atoms with Crippen LogP contribution >= 0.6 is 34.8 Å². The van der Waals surface area contributed by atoms with E-state index in [1.807, 2.05) is 36.4 Å². The molecule has 0 aliphatic carbocycles. The van der Waals surface area contributed by atoms with Crippen LogP contribution < -0.4 is 4.74 Å². The van der Waals surface area contributed by atoms with Crippen molar-refractivity contribution >= 4 is 45.6 Å². The molecule has 1 aromatic heterocycles. The standard InChI is InChI=1S/C15H10Cl3N3O/c1-22-12-7-6-11(9-4-2-3-5-10(9)12)13-19-8-20-14(21-13)15(16,17)18/h2-8H,1H3. The van der Waals surface area contributed by atoms with Gasteiger partial charge in [-0.15, -0.1) is 0 Å². The smallest absolute Gasteiger partial charge is 0.250 e. The molecule has 0 saturated heterocycles. The van der Waals surface area contributed by atoms with Crippen molar-refractivity contribution in [2.24, 2.45) is 0 Å². The molecule has 4 nitrogen and oxygen atoms in total. The van der Waals surface area contributed by atoms with Gasteiger partial charge in [-0.1, -0.05) is 59.1 Å². The highest BCUT2D eigenvalue weighted by molar-refractivity contribution is 6.66. The molecule has 0 spiro atoms. The van der Waals surface area contributed by atoms with Crippen molar-refractivity contribution in [2.45, 2.75) is 3.79 Å². The van der Waals surface area contributed by atoms with Crippen LogP contribution in [-0.4, -0.2) is 22.1 Å². The molecule has 7 heteroatoms. The summed E-state index contributed by atoms with van der Waals surface area (Å²) < 4.78 is 3.69. The normalized spacial score (nSPS) is 11.6. The quantitative estimate of drug-likeness (QED) is 0.635. The molecule has 0 radical (unpaired) electrons. The molecule has 112 valence electrons. The van der Waals surface area contributed by atoms with Gasteiger partial charge in [-0.05, 0) is 17.5 Å². The van der Waals surface area contributed by atoms with Gasteiger partial charge in [0.2, 0.25) is 3.79 Å². The number of hydrogen-bond acceptors (Lipinski definition) is 4. The zero-order valence-electron chi connectivity index (χ0n) is 11.4. The van der Waals surface area contributed by atoms with E-state index in [-0.39, 0.29) is 5.82 Å². The number of hydrogen-bond donors (Lipinski definition) is 0. The van der Waals surface area contributed by atoms with Crippen molar-refractivity contribution in [1.29, 1.82) is 0 Å². The first kappa shape index (κ1) is 15.3. The average molecular weight is 355 g/mol. The second-order valence-corrected chi connectivity index (χ2v) is 6.77. The maximum atomic E-state index is 5.84. The van der Waals surface area contributed by atoms with Crippen LogP contribution in [0.25, 0.3) is 22.2 Å². The molecule has 0 unspecified atom stereocenters. The fraction of sp³-hybridized carbons (Fsp3) is 0.133. The predicted molar refractivity (Wildman–Crippen MR) is 88.6 cm³/mol. The molecule has 2 aromatic carbocycles. The number of halogens is 3. The number of aromatic nitrogens is 3. The second kappa shape index (κ2) is 5.88. The van der Waals surface area contributed by atoms with Crippen molar-refractivity contribution in [3.05, 3.63) is 48.5 Å². The Bertz CT molecular complexity index is 834. The van der Waals surface area contributed by atoms with Gasteiger partial charge in [0, 0.05) is 10.9 Å². The molecule has 0 N–H and O–H groups in total. The van der Waals surface area contributed by atoms with Crippen molar-refractivity contribution in [1.82, 2.24) is 15.0 Å². The molecule has 0 atom stereocenters. The van der Waals surface area contributed by atoms with Crippen LogP contribution in [0.2, 0.25) is 0 Å². The summed E-state index contributed by atoms with van der Waals surface area (Å²) in [5.74, 6) is 1.30. The summed E-state index contributed by atoms with van der Waals surface area (Å²) in [6, 6.07) is 11.5. The van der Waals surface area contributed by atoms with Crippen LogP contribution in [0.15, 0.2) is 42.7 Å². The topological polar surface area (TPSA) is 47.9 Å². The summed E-state index contributed by atoms with van der Waals surface area (Å²) in [6.07, 6.45) is 1.33. The van der Waals surface area contributed by atoms with E-state index in [4.69, 9.17) is 39.5 Å². The number of rotatable bonds is 2. The summed E-state index contributed by atoms with van der Waals surface area (Å²) >= 11 is 17.5. The lowest BCUT2D eigenvalue weighted by molar-refractivity contribution is 0.420. The number of benzene rings is 2. The Morgan fingerprint density at radius 1 is 0.955 bits per heavy atom. The molecule has 1 heterocycles. The van der Waals surface area contributed by atoms with Gasteiger partial charge in [0.1, 0.15) is 12.1 Å². The molecule has 0 amide bonds. The minimum Gasteiger partial charge on any atom is -0.496 e. The molecular weight excluding hydrogens is 345 g/mol. The lowest BCUT2D eigenvalue weighted by Crippen LogP contribution is -2.08. The Labute approximate surface area is 142 Å². The Hall–Kier alpha value is -1.62.